The van der Waals surface area contributed by atoms with Crippen LogP contribution in [0.2, 0.25) is 5.02 Å². The molecule has 1 N–H and O–H groups in total. The van der Waals surface area contributed by atoms with Crippen molar-refractivity contribution in [2.24, 2.45) is 0 Å². The summed E-state index contributed by atoms with van der Waals surface area (Å²) in [7, 11) is 0. The zero-order valence-electron chi connectivity index (χ0n) is 12.6. The van der Waals surface area contributed by atoms with Gasteiger partial charge in [0.15, 0.2) is 5.75 Å². The van der Waals surface area contributed by atoms with Crippen LogP contribution in [0.15, 0.2) is 48.5 Å². The molecule has 120 valence electrons. The second-order valence-electron chi connectivity index (χ2n) is 5.20. The number of phenolic OH excluding ortho intramolecular Hbond substituents is 1. The lowest BCUT2D eigenvalue weighted by molar-refractivity contribution is 0.342. The van der Waals surface area contributed by atoms with E-state index in [0.717, 1.165) is 21.9 Å². The van der Waals surface area contributed by atoms with Crippen LogP contribution in [0.5, 0.6) is 11.5 Å². The van der Waals surface area contributed by atoms with Gasteiger partial charge in [0.2, 0.25) is 0 Å². The van der Waals surface area contributed by atoms with E-state index in [0.29, 0.717) is 22.2 Å². The fourth-order valence-corrected chi connectivity index (χ4v) is 2.99. The molecule has 0 amide bonds. The van der Waals surface area contributed by atoms with Crippen LogP contribution in [0.3, 0.4) is 0 Å². The van der Waals surface area contributed by atoms with E-state index in [1.807, 2.05) is 24.3 Å². The van der Waals surface area contributed by atoms with Gasteiger partial charge in [-0.25, -0.2) is 0 Å². The molecule has 3 rings (SSSR count). The fraction of sp³-hybridized carbons (Fsp3) is 0.105. The van der Waals surface area contributed by atoms with E-state index in [-0.39, 0.29) is 12.4 Å². The molecule has 0 saturated heterocycles. The van der Waals surface area contributed by atoms with Gasteiger partial charge in [-0.3, -0.25) is 0 Å². The van der Waals surface area contributed by atoms with Crippen molar-refractivity contribution < 1.29 is 9.84 Å². The molecule has 0 fully saturated rings. The van der Waals surface area contributed by atoms with Gasteiger partial charge in [0, 0.05) is 0 Å². The number of hydrogen-bond acceptors (Lipinski definition) is 3. The van der Waals surface area contributed by atoms with E-state index in [4.69, 9.17) is 27.9 Å². The fourth-order valence-electron chi connectivity index (χ4n) is 2.64. The largest absolute Gasteiger partial charge is 0.508 e. The maximum Gasteiger partial charge on any atom is 0.155 e. The van der Waals surface area contributed by atoms with Crippen molar-refractivity contribution in [2.45, 2.75) is 0 Å². The van der Waals surface area contributed by atoms with Gasteiger partial charge in [-0.05, 0) is 46.2 Å². The van der Waals surface area contributed by atoms with Crippen LogP contribution in [0.1, 0.15) is 5.56 Å². The van der Waals surface area contributed by atoms with Crippen molar-refractivity contribution in [2.75, 3.05) is 12.5 Å². The number of alkyl halides is 1. The van der Waals surface area contributed by atoms with E-state index < -0.39 is 0 Å². The number of phenols is 1. The third-order valence-electron chi connectivity index (χ3n) is 3.66. The topological polar surface area (TPSA) is 53.2 Å². The molecule has 0 aliphatic carbocycles. The predicted octanol–water partition coefficient (Wildman–Crippen LogP) is 5.36. The van der Waals surface area contributed by atoms with E-state index in [1.54, 1.807) is 24.3 Å². The van der Waals surface area contributed by atoms with Crippen molar-refractivity contribution in [3.8, 4) is 28.7 Å². The summed E-state index contributed by atoms with van der Waals surface area (Å²) in [5.41, 5.74) is 2.10. The Morgan fingerprint density at radius 2 is 1.96 bits per heavy atom. The molecular weight excluding hydrogens is 345 g/mol. The molecule has 0 saturated carbocycles. The van der Waals surface area contributed by atoms with Crippen molar-refractivity contribution in [3.05, 3.63) is 59.1 Å². The molecule has 0 unspecified atom stereocenters. The summed E-state index contributed by atoms with van der Waals surface area (Å²) in [6, 6.07) is 16.6. The molecule has 0 aliphatic heterocycles. The molecule has 3 aromatic rings. The zero-order valence-corrected chi connectivity index (χ0v) is 14.1. The van der Waals surface area contributed by atoms with Crippen LogP contribution < -0.4 is 4.74 Å². The molecule has 5 heteroatoms. The molecule has 0 radical (unpaired) electrons. The number of halogens is 2. The normalized spacial score (nSPS) is 10.5. The molecule has 3 nitrogen and oxygen atoms in total. The van der Waals surface area contributed by atoms with Crippen molar-refractivity contribution in [1.29, 1.82) is 5.26 Å². The highest BCUT2D eigenvalue weighted by atomic mass is 35.5. The number of ether oxygens (including phenoxy) is 1. The second kappa shape index (κ2) is 7.00. The second-order valence-corrected chi connectivity index (χ2v) is 5.98. The minimum atomic E-state index is 0.209. The SMILES string of the molecule is N#Cc1cc(-c2cccc3cc(O)ccc23)cc(Cl)c1OCCCl. The molecule has 0 atom stereocenters. The Morgan fingerprint density at radius 1 is 1.12 bits per heavy atom. The Balaban J connectivity index is 2.17. The van der Waals surface area contributed by atoms with Crippen LogP contribution in [-0.2, 0) is 0 Å². The Bertz CT molecular complexity index is 948. The van der Waals surface area contributed by atoms with Crippen LogP contribution in [0, 0.1) is 11.3 Å². The summed E-state index contributed by atoms with van der Waals surface area (Å²) in [5, 5.41) is 21.3. The van der Waals surface area contributed by atoms with Gasteiger partial charge in [-0.1, -0.05) is 35.9 Å². The van der Waals surface area contributed by atoms with Crippen LogP contribution in [-0.4, -0.2) is 17.6 Å². The highest BCUT2D eigenvalue weighted by Gasteiger charge is 2.13. The Labute approximate surface area is 149 Å². The molecule has 0 heterocycles. The van der Waals surface area contributed by atoms with E-state index in [9.17, 15) is 10.4 Å². The van der Waals surface area contributed by atoms with Gasteiger partial charge in [0.1, 0.15) is 18.4 Å². The van der Waals surface area contributed by atoms with Crippen molar-refractivity contribution >= 4 is 34.0 Å². The predicted molar refractivity (Wildman–Crippen MR) is 97.0 cm³/mol. The van der Waals surface area contributed by atoms with Gasteiger partial charge < -0.3 is 9.84 Å². The van der Waals surface area contributed by atoms with Crippen LogP contribution in [0.4, 0.5) is 0 Å². The lowest BCUT2D eigenvalue weighted by Gasteiger charge is -2.12. The highest BCUT2D eigenvalue weighted by Crippen LogP contribution is 2.37. The molecule has 0 spiro atoms. The molecule has 0 aliphatic rings. The van der Waals surface area contributed by atoms with Crippen molar-refractivity contribution in [1.82, 2.24) is 0 Å². The van der Waals surface area contributed by atoms with Gasteiger partial charge in [-0.15, -0.1) is 11.6 Å². The smallest absolute Gasteiger partial charge is 0.155 e. The summed E-state index contributed by atoms with van der Waals surface area (Å²) in [6.07, 6.45) is 0. The van der Waals surface area contributed by atoms with E-state index >= 15 is 0 Å². The maximum atomic E-state index is 9.65. The molecule has 3 aromatic carbocycles. The van der Waals surface area contributed by atoms with Crippen LogP contribution >= 0.6 is 23.2 Å². The summed E-state index contributed by atoms with van der Waals surface area (Å²) >= 11 is 11.9. The Morgan fingerprint density at radius 3 is 2.71 bits per heavy atom. The summed E-state index contributed by atoms with van der Waals surface area (Å²) in [4.78, 5) is 0. The van der Waals surface area contributed by atoms with E-state index in [2.05, 4.69) is 6.07 Å². The van der Waals surface area contributed by atoms with Crippen molar-refractivity contribution in [3.63, 3.8) is 0 Å². The monoisotopic (exact) mass is 357 g/mol. The third kappa shape index (κ3) is 3.12. The Hall–Kier alpha value is -2.41. The lowest BCUT2D eigenvalue weighted by atomic mass is 9.96. The summed E-state index contributed by atoms with van der Waals surface area (Å²) in [6.45, 7) is 0.281. The molecule has 24 heavy (non-hydrogen) atoms. The highest BCUT2D eigenvalue weighted by molar-refractivity contribution is 6.32. The average molecular weight is 358 g/mol. The molecule has 0 aromatic heterocycles. The zero-order chi connectivity index (χ0) is 17.1. The minimum absolute atomic E-state index is 0.209. The van der Waals surface area contributed by atoms with Gasteiger partial charge in [-0.2, -0.15) is 5.26 Å². The number of nitriles is 1. The number of fused-ring (bicyclic) bond motifs is 1. The molecular formula is C19H13Cl2NO2. The first kappa shape index (κ1) is 16.4. The first-order chi connectivity index (χ1) is 11.6. The first-order valence-electron chi connectivity index (χ1n) is 7.28. The van der Waals surface area contributed by atoms with Gasteiger partial charge in [0.05, 0.1) is 16.5 Å². The van der Waals surface area contributed by atoms with E-state index in [1.165, 1.54) is 0 Å². The number of aromatic hydroxyl groups is 1. The first-order valence-corrected chi connectivity index (χ1v) is 8.20. The number of hydrogen-bond donors (Lipinski definition) is 1. The Kier molecular flexibility index (Phi) is 4.80. The molecule has 0 bridgehead atoms. The third-order valence-corrected chi connectivity index (χ3v) is 4.10. The lowest BCUT2D eigenvalue weighted by Crippen LogP contribution is -2.01. The quantitative estimate of drug-likeness (QED) is 0.639. The number of nitrogens with zero attached hydrogens (tertiary/aromatic N) is 1. The summed E-state index contributed by atoms with van der Waals surface area (Å²) < 4.78 is 5.48. The van der Waals surface area contributed by atoms with Gasteiger partial charge >= 0.3 is 0 Å². The average Bonchev–Trinajstić information content (AvgIpc) is 2.59. The maximum absolute atomic E-state index is 9.65. The summed E-state index contributed by atoms with van der Waals surface area (Å²) in [5.74, 6) is 0.872. The number of rotatable bonds is 4. The standard InChI is InChI=1S/C19H13Cl2NO2/c20-6-7-24-19-14(11-22)8-13(10-18(19)21)16-3-1-2-12-9-15(23)4-5-17(12)16/h1-5,8-10,23H,6-7H2. The van der Waals surface area contributed by atoms with Gasteiger partial charge in [0.25, 0.3) is 0 Å². The number of benzene rings is 3. The minimum Gasteiger partial charge on any atom is -0.508 e. The van der Waals surface area contributed by atoms with Crippen LogP contribution in [0.25, 0.3) is 21.9 Å².